The van der Waals surface area contributed by atoms with Gasteiger partial charge < -0.3 is 15.2 Å². The second-order valence-electron chi connectivity index (χ2n) is 8.42. The van der Waals surface area contributed by atoms with E-state index in [4.69, 9.17) is 5.11 Å². The number of ether oxygens (including phenoxy) is 1. The van der Waals surface area contributed by atoms with Crippen LogP contribution in [0.2, 0.25) is 0 Å². The van der Waals surface area contributed by atoms with E-state index in [1.54, 1.807) is 25.1 Å². The molecule has 0 saturated carbocycles. The third kappa shape index (κ3) is 5.65. The lowest BCUT2D eigenvalue weighted by molar-refractivity contribution is -0.131. The van der Waals surface area contributed by atoms with Crippen LogP contribution in [0.5, 0.6) is 5.88 Å². The monoisotopic (exact) mass is 509 g/mol. The normalized spacial score (nSPS) is 15.9. The topological polar surface area (TPSA) is 126 Å². The number of carboxylic acid groups (broad SMARTS) is 1. The Bertz CT molecular complexity index is 1260. The van der Waals surface area contributed by atoms with Crippen LogP contribution in [0.1, 0.15) is 36.6 Å². The van der Waals surface area contributed by atoms with Crippen LogP contribution < -0.4 is 10.1 Å². The summed E-state index contributed by atoms with van der Waals surface area (Å²) in [5.74, 6) is -2.54. The number of alkyl halides is 2. The molecule has 1 aliphatic heterocycles. The molecule has 35 heavy (non-hydrogen) atoms. The van der Waals surface area contributed by atoms with Gasteiger partial charge in [-0.25, -0.2) is 18.2 Å². The van der Waals surface area contributed by atoms with Crippen molar-refractivity contribution in [2.75, 3.05) is 18.4 Å². The number of halogens is 2. The Balaban J connectivity index is 2.02. The quantitative estimate of drug-likeness (QED) is 0.497. The molecule has 1 aromatic carbocycles. The fourth-order valence-corrected chi connectivity index (χ4v) is 5.14. The second-order valence-corrected chi connectivity index (χ2v) is 10.2. The number of amides is 1. The van der Waals surface area contributed by atoms with E-state index in [9.17, 15) is 26.8 Å². The van der Waals surface area contributed by atoms with Crippen LogP contribution in [0.3, 0.4) is 0 Å². The molecule has 9 nitrogen and oxygen atoms in total. The van der Waals surface area contributed by atoms with Crippen LogP contribution in [0.4, 0.5) is 14.5 Å². The van der Waals surface area contributed by atoms with Crippen molar-refractivity contribution in [1.29, 1.82) is 0 Å². The highest BCUT2D eigenvalue weighted by Crippen LogP contribution is 2.42. The zero-order valence-electron chi connectivity index (χ0n) is 19.2. The minimum Gasteiger partial charge on any atom is -0.478 e. The maximum absolute atomic E-state index is 13.6. The number of nitrogens with one attached hydrogen (secondary N) is 1. The Morgan fingerprint density at radius 2 is 1.86 bits per heavy atom. The van der Waals surface area contributed by atoms with Crippen molar-refractivity contribution < 1.29 is 36.6 Å². The fourth-order valence-electron chi connectivity index (χ4n) is 3.88. The van der Waals surface area contributed by atoms with E-state index in [1.165, 1.54) is 12.1 Å². The summed E-state index contributed by atoms with van der Waals surface area (Å²) in [5.41, 5.74) is 0.335. The van der Waals surface area contributed by atoms with Gasteiger partial charge in [-0.15, -0.1) is 0 Å². The van der Waals surface area contributed by atoms with E-state index < -0.39 is 39.8 Å². The molecule has 1 fully saturated rings. The molecule has 0 unspecified atom stereocenters. The number of aryl methyl sites for hydroxylation is 1. The summed E-state index contributed by atoms with van der Waals surface area (Å²) in [7, 11) is -4.11. The van der Waals surface area contributed by atoms with Crippen molar-refractivity contribution in [3.05, 3.63) is 64.7 Å². The second kappa shape index (κ2) is 10.1. The number of benzene rings is 1. The first kappa shape index (κ1) is 26.2. The van der Waals surface area contributed by atoms with Gasteiger partial charge in [-0.3, -0.25) is 4.79 Å². The van der Waals surface area contributed by atoms with Crippen molar-refractivity contribution in [2.24, 2.45) is 0 Å². The van der Waals surface area contributed by atoms with Crippen LogP contribution >= 0.6 is 0 Å². The molecular formula is C23H25F2N3O6S. The predicted octanol–water partition coefficient (Wildman–Crippen LogP) is 3.24. The predicted molar refractivity (Wildman–Crippen MR) is 124 cm³/mol. The summed E-state index contributed by atoms with van der Waals surface area (Å²) in [6.07, 6.45) is 0.503. The summed E-state index contributed by atoms with van der Waals surface area (Å²) < 4.78 is 56.4. The van der Waals surface area contributed by atoms with Gasteiger partial charge >= 0.3 is 12.6 Å². The van der Waals surface area contributed by atoms with E-state index in [0.717, 1.165) is 9.87 Å². The molecule has 188 valence electrons. The van der Waals surface area contributed by atoms with Gasteiger partial charge in [-0.2, -0.15) is 13.1 Å². The molecule has 2 heterocycles. The van der Waals surface area contributed by atoms with Crippen molar-refractivity contribution in [2.45, 2.75) is 38.7 Å². The SMILES string of the molecule is Cc1ccc(NC(=O)C2(c3ccccc3C(C)C)CN(S(=O)(=O)/C=C/C(=O)O)C2)c(OC(F)F)n1. The van der Waals surface area contributed by atoms with Crippen LogP contribution in [-0.2, 0) is 25.0 Å². The first-order chi connectivity index (χ1) is 16.4. The van der Waals surface area contributed by atoms with Crippen molar-refractivity contribution in [3.63, 3.8) is 0 Å². The molecule has 0 spiro atoms. The minimum absolute atomic E-state index is 0.00722. The maximum atomic E-state index is 13.6. The minimum atomic E-state index is -4.11. The summed E-state index contributed by atoms with van der Waals surface area (Å²) >= 11 is 0. The van der Waals surface area contributed by atoms with Gasteiger partial charge in [0.1, 0.15) is 11.1 Å². The van der Waals surface area contributed by atoms with Gasteiger partial charge in [0, 0.05) is 24.9 Å². The van der Waals surface area contributed by atoms with Gasteiger partial charge in [0.2, 0.25) is 21.8 Å². The number of pyridine rings is 1. The molecule has 1 saturated heterocycles. The molecule has 12 heteroatoms. The molecule has 0 aliphatic carbocycles. The number of rotatable bonds is 9. The summed E-state index contributed by atoms with van der Waals surface area (Å²) in [5, 5.41) is 11.9. The number of sulfonamides is 1. The summed E-state index contributed by atoms with van der Waals surface area (Å²) in [6.45, 7) is 1.69. The van der Waals surface area contributed by atoms with Crippen molar-refractivity contribution >= 4 is 27.6 Å². The number of carbonyl (C=O) groups excluding carboxylic acids is 1. The highest BCUT2D eigenvalue weighted by Gasteiger charge is 2.55. The van der Waals surface area contributed by atoms with Gasteiger partial charge in [-0.05, 0) is 36.1 Å². The lowest BCUT2D eigenvalue weighted by atomic mass is 9.71. The lowest BCUT2D eigenvalue weighted by Gasteiger charge is -2.48. The molecule has 1 aromatic heterocycles. The Morgan fingerprint density at radius 3 is 2.46 bits per heavy atom. The maximum Gasteiger partial charge on any atom is 0.388 e. The molecule has 3 rings (SSSR count). The van der Waals surface area contributed by atoms with E-state index >= 15 is 0 Å². The van der Waals surface area contributed by atoms with E-state index in [2.05, 4.69) is 15.0 Å². The van der Waals surface area contributed by atoms with Crippen LogP contribution in [0, 0.1) is 6.92 Å². The zero-order chi connectivity index (χ0) is 26.0. The first-order valence-corrected chi connectivity index (χ1v) is 12.1. The molecule has 1 amide bonds. The third-order valence-electron chi connectivity index (χ3n) is 5.62. The largest absolute Gasteiger partial charge is 0.478 e. The number of hydrogen-bond donors (Lipinski definition) is 2. The average Bonchev–Trinajstić information content (AvgIpc) is 2.73. The molecule has 0 atom stereocenters. The van der Waals surface area contributed by atoms with Crippen molar-refractivity contribution in [1.82, 2.24) is 9.29 Å². The molecular weight excluding hydrogens is 484 g/mol. The Labute approximate surface area is 201 Å². The van der Waals surface area contributed by atoms with Gasteiger partial charge in [0.05, 0.1) is 5.41 Å². The molecule has 2 aromatic rings. The Morgan fingerprint density at radius 1 is 1.20 bits per heavy atom. The molecule has 0 radical (unpaired) electrons. The first-order valence-electron chi connectivity index (χ1n) is 10.6. The fraction of sp³-hybridized carbons (Fsp3) is 0.348. The summed E-state index contributed by atoms with van der Waals surface area (Å²) in [6, 6.07) is 9.95. The third-order valence-corrected chi connectivity index (χ3v) is 7.07. The van der Waals surface area contributed by atoms with Gasteiger partial charge in [-0.1, -0.05) is 38.1 Å². The number of carboxylic acids is 1. The number of anilines is 1. The number of carbonyl (C=O) groups is 2. The molecule has 1 aliphatic rings. The van der Waals surface area contributed by atoms with E-state index in [-0.39, 0.29) is 24.7 Å². The van der Waals surface area contributed by atoms with E-state index in [1.807, 2.05) is 19.9 Å². The zero-order valence-corrected chi connectivity index (χ0v) is 20.1. The van der Waals surface area contributed by atoms with Crippen molar-refractivity contribution in [3.8, 4) is 5.88 Å². The van der Waals surface area contributed by atoms with Gasteiger partial charge in [0.25, 0.3) is 0 Å². The number of nitrogens with zero attached hydrogens (tertiary/aromatic N) is 2. The Kier molecular flexibility index (Phi) is 7.56. The van der Waals surface area contributed by atoms with Crippen LogP contribution in [0.15, 0.2) is 47.9 Å². The summed E-state index contributed by atoms with van der Waals surface area (Å²) in [4.78, 5) is 28.3. The van der Waals surface area contributed by atoms with Gasteiger partial charge in [0.15, 0.2) is 0 Å². The standard InChI is InChI=1S/C23H25F2N3O6S/c1-14(2)16-6-4-5-7-17(16)23(12-28(13-23)35(32,33)11-10-19(29)30)21(31)27-18-9-8-15(3)26-20(18)34-22(24)25/h4-11,14,22H,12-13H2,1-3H3,(H,27,31)(H,29,30)/b11-10+. The van der Waals surface area contributed by atoms with Crippen LogP contribution in [0.25, 0.3) is 0 Å². The van der Waals surface area contributed by atoms with E-state index in [0.29, 0.717) is 22.7 Å². The van der Waals surface area contributed by atoms with Crippen LogP contribution in [-0.4, -0.2) is 54.4 Å². The number of aromatic nitrogens is 1. The smallest absolute Gasteiger partial charge is 0.388 e. The lowest BCUT2D eigenvalue weighted by Crippen LogP contribution is -2.66. The average molecular weight is 510 g/mol. The number of hydrogen-bond acceptors (Lipinski definition) is 6. The highest BCUT2D eigenvalue weighted by molar-refractivity contribution is 7.92. The molecule has 0 bridgehead atoms. The number of aliphatic carboxylic acids is 1. The Hall–Kier alpha value is -3.38. The highest BCUT2D eigenvalue weighted by atomic mass is 32.2. The molecule has 2 N–H and O–H groups in total.